The van der Waals surface area contributed by atoms with Gasteiger partial charge in [-0.2, -0.15) is 0 Å². The van der Waals surface area contributed by atoms with Crippen LogP contribution in [-0.2, 0) is 19.4 Å². The van der Waals surface area contributed by atoms with Crippen LogP contribution in [0.4, 0.5) is 11.4 Å². The van der Waals surface area contributed by atoms with Crippen LogP contribution in [0.3, 0.4) is 0 Å². The van der Waals surface area contributed by atoms with Gasteiger partial charge in [-0.1, -0.05) is 62.4 Å². The molecule has 0 radical (unpaired) electrons. The zero-order valence-electron chi connectivity index (χ0n) is 17.3. The monoisotopic (exact) mass is 384 g/mol. The summed E-state index contributed by atoms with van der Waals surface area (Å²) in [5.41, 5.74) is 6.35. The second kappa shape index (κ2) is 8.62. The smallest absolute Gasteiger partial charge is 0.262 e. The number of hydrogen-bond donors (Lipinski definition) is 0. The summed E-state index contributed by atoms with van der Waals surface area (Å²) in [6, 6.07) is 24.7. The molecule has 3 nitrogen and oxygen atoms in total. The highest BCUT2D eigenvalue weighted by molar-refractivity contribution is 6.12. The summed E-state index contributed by atoms with van der Waals surface area (Å²) in [7, 11) is 0. The summed E-state index contributed by atoms with van der Waals surface area (Å²) in [5.74, 6) is 0.0354. The molecule has 0 aliphatic carbocycles. The Morgan fingerprint density at radius 3 is 2.00 bits per heavy atom. The van der Waals surface area contributed by atoms with Crippen molar-refractivity contribution in [3.8, 4) is 0 Å². The third-order valence-electron chi connectivity index (χ3n) is 5.81. The van der Waals surface area contributed by atoms with Gasteiger partial charge in [-0.25, -0.2) is 0 Å². The SMILES string of the molecule is CCN(CC)Cc1cccc(C(=O)N2c3ccccc3CCc3ccccc32)c1. The molecule has 0 unspecified atom stereocenters. The van der Waals surface area contributed by atoms with Crippen LogP contribution in [0.15, 0.2) is 72.8 Å². The first-order valence-corrected chi connectivity index (χ1v) is 10.5. The maximum Gasteiger partial charge on any atom is 0.262 e. The quantitative estimate of drug-likeness (QED) is 0.571. The van der Waals surface area contributed by atoms with E-state index in [4.69, 9.17) is 0 Å². The van der Waals surface area contributed by atoms with Crippen molar-refractivity contribution in [1.29, 1.82) is 0 Å². The fraction of sp³-hybridized carbons (Fsp3) is 0.269. The number of hydrogen-bond acceptors (Lipinski definition) is 2. The van der Waals surface area contributed by atoms with Gasteiger partial charge >= 0.3 is 0 Å². The first-order valence-electron chi connectivity index (χ1n) is 10.5. The van der Waals surface area contributed by atoms with Crippen molar-refractivity contribution in [2.24, 2.45) is 0 Å². The molecular formula is C26H28N2O. The van der Waals surface area contributed by atoms with E-state index in [1.165, 1.54) is 16.7 Å². The van der Waals surface area contributed by atoms with E-state index in [1.54, 1.807) is 0 Å². The Morgan fingerprint density at radius 2 is 1.41 bits per heavy atom. The first-order chi connectivity index (χ1) is 14.2. The second-order valence-corrected chi connectivity index (χ2v) is 7.56. The van der Waals surface area contributed by atoms with Crippen molar-refractivity contribution in [2.75, 3.05) is 18.0 Å². The molecule has 1 amide bonds. The van der Waals surface area contributed by atoms with E-state index in [0.29, 0.717) is 0 Å². The highest BCUT2D eigenvalue weighted by atomic mass is 16.2. The van der Waals surface area contributed by atoms with Crippen molar-refractivity contribution >= 4 is 17.3 Å². The van der Waals surface area contributed by atoms with E-state index in [9.17, 15) is 4.79 Å². The molecular weight excluding hydrogens is 356 g/mol. The van der Waals surface area contributed by atoms with E-state index >= 15 is 0 Å². The van der Waals surface area contributed by atoms with Gasteiger partial charge in [0, 0.05) is 12.1 Å². The van der Waals surface area contributed by atoms with Crippen molar-refractivity contribution in [3.63, 3.8) is 0 Å². The lowest BCUT2D eigenvalue weighted by Crippen LogP contribution is -2.27. The van der Waals surface area contributed by atoms with Crippen LogP contribution in [-0.4, -0.2) is 23.9 Å². The maximum absolute atomic E-state index is 13.8. The predicted octanol–water partition coefficient (Wildman–Crippen LogP) is 5.61. The minimum absolute atomic E-state index is 0.0354. The van der Waals surface area contributed by atoms with E-state index in [-0.39, 0.29) is 5.91 Å². The van der Waals surface area contributed by atoms with Gasteiger partial charge in [0.1, 0.15) is 0 Å². The number of fused-ring (bicyclic) bond motifs is 2. The molecule has 29 heavy (non-hydrogen) atoms. The van der Waals surface area contributed by atoms with Crippen LogP contribution < -0.4 is 4.90 Å². The summed E-state index contributed by atoms with van der Waals surface area (Å²) >= 11 is 0. The van der Waals surface area contributed by atoms with E-state index in [0.717, 1.165) is 49.4 Å². The molecule has 3 aromatic carbocycles. The Morgan fingerprint density at radius 1 is 0.828 bits per heavy atom. The Hall–Kier alpha value is -2.91. The van der Waals surface area contributed by atoms with E-state index < -0.39 is 0 Å². The lowest BCUT2D eigenvalue weighted by atomic mass is 10.0. The van der Waals surface area contributed by atoms with Crippen molar-refractivity contribution < 1.29 is 4.79 Å². The van der Waals surface area contributed by atoms with Crippen LogP contribution >= 0.6 is 0 Å². The second-order valence-electron chi connectivity index (χ2n) is 7.56. The lowest BCUT2D eigenvalue weighted by molar-refractivity contribution is 0.0999. The van der Waals surface area contributed by atoms with E-state index in [1.807, 2.05) is 29.2 Å². The number of rotatable bonds is 5. The number of carbonyl (C=O) groups excluding carboxylic acids is 1. The van der Waals surface area contributed by atoms with Crippen molar-refractivity contribution in [1.82, 2.24) is 4.90 Å². The molecule has 0 aromatic heterocycles. The molecule has 0 bridgehead atoms. The van der Waals surface area contributed by atoms with Crippen LogP contribution in [0, 0.1) is 0 Å². The largest absolute Gasteiger partial charge is 0.300 e. The highest BCUT2D eigenvalue weighted by Crippen LogP contribution is 2.37. The average Bonchev–Trinajstić information content (AvgIpc) is 2.94. The predicted molar refractivity (Wildman–Crippen MR) is 120 cm³/mol. The van der Waals surface area contributed by atoms with Crippen LogP contribution in [0.2, 0.25) is 0 Å². The summed E-state index contributed by atoms with van der Waals surface area (Å²) in [4.78, 5) is 18.0. The van der Waals surface area contributed by atoms with Crippen LogP contribution in [0.5, 0.6) is 0 Å². The standard InChI is InChI=1S/C26H28N2O/c1-3-27(4-2)19-20-10-9-13-23(18-20)26(29)28-24-14-7-5-11-21(24)16-17-22-12-6-8-15-25(22)28/h5-15,18H,3-4,16-17,19H2,1-2H3. The maximum atomic E-state index is 13.8. The molecule has 0 spiro atoms. The Labute approximate surface area is 173 Å². The number of benzene rings is 3. The fourth-order valence-electron chi connectivity index (χ4n) is 4.14. The number of amides is 1. The van der Waals surface area contributed by atoms with Gasteiger partial charge in [-0.3, -0.25) is 14.6 Å². The highest BCUT2D eigenvalue weighted by Gasteiger charge is 2.26. The Balaban J connectivity index is 1.76. The molecule has 0 N–H and O–H groups in total. The molecule has 0 saturated carbocycles. The molecule has 0 saturated heterocycles. The molecule has 148 valence electrons. The fourth-order valence-corrected chi connectivity index (χ4v) is 4.14. The third kappa shape index (κ3) is 3.96. The van der Waals surface area contributed by atoms with Crippen molar-refractivity contribution in [3.05, 3.63) is 95.1 Å². The Bertz CT molecular complexity index is 959. The summed E-state index contributed by atoms with van der Waals surface area (Å²) in [6.07, 6.45) is 1.89. The molecule has 3 heteroatoms. The first kappa shape index (κ1) is 19.4. The number of anilines is 2. The molecule has 3 aromatic rings. The average molecular weight is 385 g/mol. The third-order valence-corrected chi connectivity index (χ3v) is 5.81. The Kier molecular flexibility index (Phi) is 5.77. The number of nitrogens with zero attached hydrogens (tertiary/aromatic N) is 2. The van der Waals surface area contributed by atoms with Crippen LogP contribution in [0.25, 0.3) is 0 Å². The minimum Gasteiger partial charge on any atom is -0.300 e. The van der Waals surface area contributed by atoms with E-state index in [2.05, 4.69) is 67.3 Å². The summed E-state index contributed by atoms with van der Waals surface area (Å²) in [5, 5.41) is 0. The number of carbonyl (C=O) groups is 1. The summed E-state index contributed by atoms with van der Waals surface area (Å²) in [6.45, 7) is 7.21. The zero-order valence-corrected chi connectivity index (χ0v) is 17.3. The molecule has 1 heterocycles. The number of aryl methyl sites for hydroxylation is 2. The molecule has 1 aliphatic rings. The van der Waals surface area contributed by atoms with Gasteiger partial charge in [0.05, 0.1) is 11.4 Å². The topological polar surface area (TPSA) is 23.6 Å². The number of para-hydroxylation sites is 2. The van der Waals surface area contributed by atoms with Gasteiger partial charge in [0.25, 0.3) is 5.91 Å². The molecule has 4 rings (SSSR count). The molecule has 0 atom stereocenters. The van der Waals surface area contributed by atoms with Gasteiger partial charge in [-0.15, -0.1) is 0 Å². The van der Waals surface area contributed by atoms with Gasteiger partial charge < -0.3 is 0 Å². The van der Waals surface area contributed by atoms with Gasteiger partial charge in [0.2, 0.25) is 0 Å². The van der Waals surface area contributed by atoms with Crippen molar-refractivity contribution in [2.45, 2.75) is 33.2 Å². The normalized spacial score (nSPS) is 13.0. The molecule has 0 fully saturated rings. The molecule has 1 aliphatic heterocycles. The summed E-state index contributed by atoms with van der Waals surface area (Å²) < 4.78 is 0. The van der Waals surface area contributed by atoms with Crippen LogP contribution in [0.1, 0.15) is 40.9 Å². The van der Waals surface area contributed by atoms with Gasteiger partial charge in [0.15, 0.2) is 0 Å². The van der Waals surface area contributed by atoms with Gasteiger partial charge in [-0.05, 0) is 66.9 Å². The lowest BCUT2D eigenvalue weighted by Gasteiger charge is -2.25. The zero-order chi connectivity index (χ0) is 20.2. The minimum atomic E-state index is 0.0354.